The predicted octanol–water partition coefficient (Wildman–Crippen LogP) is 1.17. The Labute approximate surface area is 115 Å². The fourth-order valence-electron chi connectivity index (χ4n) is 2.26. The molecule has 1 aromatic rings. The Hall–Kier alpha value is -0.620. The first kappa shape index (κ1) is 13.8. The van der Waals surface area contributed by atoms with Crippen molar-refractivity contribution in [3.63, 3.8) is 0 Å². The minimum absolute atomic E-state index is 0.0943. The minimum Gasteiger partial charge on any atom is -0.493 e. The van der Waals surface area contributed by atoms with Gasteiger partial charge in [-0.3, -0.25) is 4.90 Å². The van der Waals surface area contributed by atoms with Gasteiger partial charge in [-0.1, -0.05) is 15.9 Å². The average Bonchev–Trinajstić information content (AvgIpc) is 2.77. The van der Waals surface area contributed by atoms with E-state index in [1.165, 1.54) is 5.56 Å². The molecule has 0 amide bonds. The van der Waals surface area contributed by atoms with Crippen molar-refractivity contribution in [1.29, 1.82) is 0 Å². The third-order valence-electron chi connectivity index (χ3n) is 3.05. The summed E-state index contributed by atoms with van der Waals surface area (Å²) in [6.07, 6.45) is 0.946. The van der Waals surface area contributed by atoms with Crippen molar-refractivity contribution in [2.45, 2.75) is 13.0 Å². The molecule has 0 atom stereocenters. The molecule has 1 aromatic carbocycles. The lowest BCUT2D eigenvalue weighted by atomic mass is 10.1. The maximum absolute atomic E-state index is 9.03. The number of fused-ring (bicyclic) bond motifs is 1. The molecule has 0 radical (unpaired) electrons. The lowest BCUT2D eigenvalue weighted by Gasteiger charge is -2.21. The van der Waals surface area contributed by atoms with Gasteiger partial charge in [0.05, 0.1) is 19.8 Å². The predicted molar refractivity (Wildman–Crippen MR) is 72.8 cm³/mol. The van der Waals surface area contributed by atoms with E-state index in [4.69, 9.17) is 14.9 Å². The van der Waals surface area contributed by atoms with E-state index in [9.17, 15) is 0 Å². The first-order chi connectivity index (χ1) is 8.74. The van der Waals surface area contributed by atoms with Gasteiger partial charge in [-0.05, 0) is 17.7 Å². The molecule has 18 heavy (non-hydrogen) atoms. The standard InChI is InChI=1S/C13H18BrNO3/c14-12-7-10-1-6-18-13(10)11(8-12)9-15(2-4-16)3-5-17/h7-8,16-17H,1-6,9H2. The Bertz CT molecular complexity index is 405. The van der Waals surface area contributed by atoms with Crippen molar-refractivity contribution in [3.8, 4) is 5.75 Å². The van der Waals surface area contributed by atoms with Gasteiger partial charge < -0.3 is 14.9 Å². The van der Waals surface area contributed by atoms with Gasteiger partial charge in [0.15, 0.2) is 0 Å². The molecule has 2 rings (SSSR count). The largest absolute Gasteiger partial charge is 0.493 e. The van der Waals surface area contributed by atoms with E-state index in [0.717, 1.165) is 28.8 Å². The van der Waals surface area contributed by atoms with Crippen LogP contribution in [0.25, 0.3) is 0 Å². The number of aliphatic hydroxyl groups excluding tert-OH is 2. The van der Waals surface area contributed by atoms with Crippen LogP contribution >= 0.6 is 15.9 Å². The molecule has 0 saturated carbocycles. The summed E-state index contributed by atoms with van der Waals surface area (Å²) in [7, 11) is 0. The van der Waals surface area contributed by atoms with Crippen molar-refractivity contribution < 1.29 is 14.9 Å². The van der Waals surface area contributed by atoms with Crippen LogP contribution in [0.1, 0.15) is 11.1 Å². The van der Waals surface area contributed by atoms with Crippen molar-refractivity contribution in [2.24, 2.45) is 0 Å². The summed E-state index contributed by atoms with van der Waals surface area (Å²) in [6, 6.07) is 4.14. The normalized spacial score (nSPS) is 13.8. The number of hydrogen-bond donors (Lipinski definition) is 2. The maximum atomic E-state index is 9.03. The number of ether oxygens (including phenoxy) is 1. The highest BCUT2D eigenvalue weighted by atomic mass is 79.9. The molecular weight excluding hydrogens is 298 g/mol. The zero-order valence-electron chi connectivity index (χ0n) is 10.2. The van der Waals surface area contributed by atoms with E-state index >= 15 is 0 Å². The molecule has 0 unspecified atom stereocenters. The molecule has 100 valence electrons. The maximum Gasteiger partial charge on any atom is 0.127 e. The average molecular weight is 316 g/mol. The molecule has 0 spiro atoms. The molecule has 5 heteroatoms. The van der Waals surface area contributed by atoms with Gasteiger partial charge in [0.2, 0.25) is 0 Å². The molecule has 1 aliphatic rings. The number of rotatable bonds is 6. The molecule has 1 aliphatic heterocycles. The summed E-state index contributed by atoms with van der Waals surface area (Å²) >= 11 is 3.51. The molecule has 0 aromatic heterocycles. The molecular formula is C13H18BrNO3. The number of aliphatic hydroxyl groups is 2. The number of nitrogens with zero attached hydrogens (tertiary/aromatic N) is 1. The lowest BCUT2D eigenvalue weighted by Crippen LogP contribution is -2.29. The SMILES string of the molecule is OCCN(CCO)Cc1cc(Br)cc2c1OCC2. The number of halogens is 1. The van der Waals surface area contributed by atoms with E-state index < -0.39 is 0 Å². The Morgan fingerprint density at radius 1 is 1.22 bits per heavy atom. The smallest absolute Gasteiger partial charge is 0.127 e. The molecule has 0 bridgehead atoms. The Balaban J connectivity index is 2.17. The highest BCUT2D eigenvalue weighted by Gasteiger charge is 2.18. The summed E-state index contributed by atoms with van der Waals surface area (Å²) in [5.41, 5.74) is 2.34. The van der Waals surface area contributed by atoms with Crippen LogP contribution in [0, 0.1) is 0 Å². The van der Waals surface area contributed by atoms with Crippen molar-refractivity contribution in [2.75, 3.05) is 32.9 Å². The van der Waals surface area contributed by atoms with Crippen molar-refractivity contribution >= 4 is 15.9 Å². The Morgan fingerprint density at radius 3 is 2.61 bits per heavy atom. The minimum atomic E-state index is 0.0943. The summed E-state index contributed by atoms with van der Waals surface area (Å²) in [6.45, 7) is 2.72. The monoisotopic (exact) mass is 315 g/mol. The topological polar surface area (TPSA) is 52.9 Å². The van der Waals surface area contributed by atoms with Crippen LogP contribution in [0.5, 0.6) is 5.75 Å². The van der Waals surface area contributed by atoms with Crippen LogP contribution in [-0.4, -0.2) is 48.0 Å². The van der Waals surface area contributed by atoms with Gasteiger partial charge in [-0.2, -0.15) is 0 Å². The summed E-state index contributed by atoms with van der Waals surface area (Å²) in [5.74, 6) is 0.971. The zero-order chi connectivity index (χ0) is 13.0. The van der Waals surface area contributed by atoms with E-state index in [0.29, 0.717) is 19.6 Å². The van der Waals surface area contributed by atoms with Crippen LogP contribution in [-0.2, 0) is 13.0 Å². The van der Waals surface area contributed by atoms with Crippen LogP contribution in [0.15, 0.2) is 16.6 Å². The Morgan fingerprint density at radius 2 is 1.94 bits per heavy atom. The molecule has 1 heterocycles. The van der Waals surface area contributed by atoms with Crippen LogP contribution in [0.3, 0.4) is 0 Å². The summed E-state index contributed by atoms with van der Waals surface area (Å²) in [5, 5.41) is 18.1. The summed E-state index contributed by atoms with van der Waals surface area (Å²) in [4.78, 5) is 2.02. The zero-order valence-corrected chi connectivity index (χ0v) is 11.8. The molecule has 0 saturated heterocycles. The van der Waals surface area contributed by atoms with E-state index in [1.807, 2.05) is 11.0 Å². The van der Waals surface area contributed by atoms with Crippen LogP contribution < -0.4 is 4.74 Å². The second kappa shape index (κ2) is 6.52. The highest BCUT2D eigenvalue weighted by Crippen LogP contribution is 2.33. The van der Waals surface area contributed by atoms with Gasteiger partial charge in [0.1, 0.15) is 5.75 Å². The van der Waals surface area contributed by atoms with Gasteiger partial charge in [-0.15, -0.1) is 0 Å². The van der Waals surface area contributed by atoms with Gasteiger partial charge in [0.25, 0.3) is 0 Å². The Kier molecular flexibility index (Phi) is 5.00. The van der Waals surface area contributed by atoms with E-state index in [1.54, 1.807) is 0 Å². The third kappa shape index (κ3) is 3.23. The van der Waals surface area contributed by atoms with Gasteiger partial charge in [0, 0.05) is 36.1 Å². The number of hydrogen-bond acceptors (Lipinski definition) is 4. The van der Waals surface area contributed by atoms with Gasteiger partial charge >= 0.3 is 0 Å². The third-order valence-corrected chi connectivity index (χ3v) is 3.51. The fraction of sp³-hybridized carbons (Fsp3) is 0.538. The lowest BCUT2D eigenvalue weighted by molar-refractivity contribution is 0.154. The second-order valence-electron chi connectivity index (χ2n) is 4.37. The van der Waals surface area contributed by atoms with Crippen molar-refractivity contribution in [1.82, 2.24) is 4.90 Å². The van der Waals surface area contributed by atoms with E-state index in [-0.39, 0.29) is 13.2 Å². The molecule has 2 N–H and O–H groups in total. The molecule has 4 nitrogen and oxygen atoms in total. The molecule has 0 fully saturated rings. The molecule has 0 aliphatic carbocycles. The number of benzene rings is 1. The first-order valence-electron chi connectivity index (χ1n) is 6.12. The fourth-order valence-corrected chi connectivity index (χ4v) is 2.81. The van der Waals surface area contributed by atoms with E-state index in [2.05, 4.69) is 22.0 Å². The highest BCUT2D eigenvalue weighted by molar-refractivity contribution is 9.10. The van der Waals surface area contributed by atoms with Crippen LogP contribution in [0.2, 0.25) is 0 Å². The first-order valence-corrected chi connectivity index (χ1v) is 6.92. The quantitative estimate of drug-likeness (QED) is 0.827. The summed E-state index contributed by atoms with van der Waals surface area (Å²) < 4.78 is 6.72. The second-order valence-corrected chi connectivity index (χ2v) is 5.29. The van der Waals surface area contributed by atoms with Crippen molar-refractivity contribution in [3.05, 3.63) is 27.7 Å². The van der Waals surface area contributed by atoms with Gasteiger partial charge in [-0.25, -0.2) is 0 Å². The van der Waals surface area contributed by atoms with Crippen LogP contribution in [0.4, 0.5) is 0 Å².